The lowest BCUT2D eigenvalue weighted by Gasteiger charge is -2.26. The molecular formula is C21H19FN6O4S. The van der Waals surface area contributed by atoms with E-state index < -0.39 is 22.5 Å². The van der Waals surface area contributed by atoms with Gasteiger partial charge in [-0.3, -0.25) is 14.9 Å². The van der Waals surface area contributed by atoms with Crippen LogP contribution < -0.4 is 5.32 Å². The largest absolute Gasteiger partial charge is 0.433 e. The first-order valence-electron chi connectivity index (χ1n) is 10.0. The van der Waals surface area contributed by atoms with Crippen molar-refractivity contribution in [1.82, 2.24) is 25.2 Å². The van der Waals surface area contributed by atoms with E-state index in [0.717, 1.165) is 11.6 Å². The number of nitrogens with zero attached hydrogens (tertiary/aromatic N) is 5. The summed E-state index contributed by atoms with van der Waals surface area (Å²) in [4.78, 5) is 24.7. The van der Waals surface area contributed by atoms with E-state index in [0.29, 0.717) is 41.4 Å². The van der Waals surface area contributed by atoms with E-state index in [1.807, 2.05) is 0 Å². The van der Waals surface area contributed by atoms with Crippen LogP contribution in [0.4, 0.5) is 10.3 Å². The smallest absolute Gasteiger partial charge is 0.395 e. The van der Waals surface area contributed by atoms with Gasteiger partial charge in [0.25, 0.3) is 5.91 Å². The van der Waals surface area contributed by atoms with Crippen molar-refractivity contribution in [2.45, 2.75) is 19.9 Å². The van der Waals surface area contributed by atoms with Gasteiger partial charge in [0.15, 0.2) is 5.76 Å². The molecule has 1 N–H and O–H groups in total. The maximum absolute atomic E-state index is 14.9. The van der Waals surface area contributed by atoms with Crippen molar-refractivity contribution in [1.29, 1.82) is 0 Å². The van der Waals surface area contributed by atoms with E-state index >= 15 is 0 Å². The molecule has 2 aromatic heterocycles. The fourth-order valence-electron chi connectivity index (χ4n) is 3.42. The van der Waals surface area contributed by atoms with Crippen LogP contribution in [0.1, 0.15) is 35.2 Å². The number of carbonyl (C=O) groups is 1. The third kappa shape index (κ3) is 4.95. The lowest BCUT2D eigenvalue weighted by molar-refractivity contribution is -0.402. The van der Waals surface area contributed by atoms with Gasteiger partial charge in [0.2, 0.25) is 0 Å². The standard InChI is InChI=1S/C21H19FN6O4S/c1-13(33)23-11-15-12-27(25-24-15)16-2-3-17(18(22)10-16)14-6-8-26(9-7-14)21(29)19-4-5-20(32-19)28(30)31/h2-6,10,12H,7-9,11H2,1H3,(H,23,33). The fourth-order valence-corrected chi connectivity index (χ4v) is 3.49. The van der Waals surface area contributed by atoms with E-state index in [2.05, 4.69) is 15.6 Å². The number of nitro groups is 1. The van der Waals surface area contributed by atoms with Crippen molar-refractivity contribution >= 4 is 34.6 Å². The first-order valence-corrected chi connectivity index (χ1v) is 10.4. The van der Waals surface area contributed by atoms with Crippen molar-refractivity contribution < 1.29 is 18.5 Å². The van der Waals surface area contributed by atoms with E-state index in [1.54, 1.807) is 31.3 Å². The summed E-state index contributed by atoms with van der Waals surface area (Å²) in [6, 6.07) is 7.22. The Morgan fingerprint density at radius 1 is 1.36 bits per heavy atom. The minimum absolute atomic E-state index is 0.0998. The lowest BCUT2D eigenvalue weighted by Crippen LogP contribution is -2.34. The van der Waals surface area contributed by atoms with Gasteiger partial charge in [0.05, 0.1) is 29.5 Å². The predicted octanol–water partition coefficient (Wildman–Crippen LogP) is 3.27. The van der Waals surface area contributed by atoms with Crippen molar-refractivity contribution in [3.63, 3.8) is 0 Å². The van der Waals surface area contributed by atoms with E-state index in [-0.39, 0.29) is 12.3 Å². The third-order valence-corrected chi connectivity index (χ3v) is 5.25. The number of furan rings is 1. The van der Waals surface area contributed by atoms with Gasteiger partial charge in [0.1, 0.15) is 16.4 Å². The SMILES string of the molecule is CC(=S)NCc1cn(-c2ccc(C3=CCN(C(=O)c4ccc([N+](=O)[O-])o4)CC3)c(F)c2)nn1. The zero-order valence-corrected chi connectivity index (χ0v) is 18.3. The normalized spacial score (nSPS) is 13.5. The highest BCUT2D eigenvalue weighted by atomic mass is 32.1. The van der Waals surface area contributed by atoms with Gasteiger partial charge in [-0.2, -0.15) is 0 Å². The topological polar surface area (TPSA) is 119 Å². The van der Waals surface area contributed by atoms with Gasteiger partial charge >= 0.3 is 5.88 Å². The van der Waals surface area contributed by atoms with Crippen LogP contribution >= 0.6 is 12.2 Å². The molecule has 0 fully saturated rings. The van der Waals surface area contributed by atoms with Crippen LogP contribution in [-0.2, 0) is 6.54 Å². The molecule has 1 aliphatic rings. The molecule has 0 spiro atoms. The second-order valence-corrected chi connectivity index (χ2v) is 7.97. The highest BCUT2D eigenvalue weighted by molar-refractivity contribution is 7.80. The minimum atomic E-state index is -0.699. The second kappa shape index (κ2) is 9.28. The van der Waals surface area contributed by atoms with Gasteiger partial charge in [0, 0.05) is 24.7 Å². The molecule has 3 aromatic rings. The summed E-state index contributed by atoms with van der Waals surface area (Å²) in [7, 11) is 0. The van der Waals surface area contributed by atoms with Crippen molar-refractivity contribution in [3.8, 4) is 5.69 Å². The van der Waals surface area contributed by atoms with Gasteiger partial charge in [-0.05, 0) is 37.1 Å². The molecule has 1 amide bonds. The quantitative estimate of drug-likeness (QED) is 0.331. The number of nitrogens with one attached hydrogen (secondary N) is 1. The summed E-state index contributed by atoms with van der Waals surface area (Å²) in [5.74, 6) is -1.45. The van der Waals surface area contributed by atoms with Crippen LogP contribution in [-0.4, -0.2) is 48.8 Å². The Labute approximate surface area is 192 Å². The van der Waals surface area contributed by atoms with Gasteiger partial charge in [-0.1, -0.05) is 23.5 Å². The zero-order chi connectivity index (χ0) is 23.5. The highest BCUT2D eigenvalue weighted by Gasteiger charge is 2.25. The molecule has 12 heteroatoms. The molecule has 0 unspecified atom stereocenters. The molecule has 1 aromatic carbocycles. The Hall–Kier alpha value is -3.93. The number of hydrogen-bond donors (Lipinski definition) is 1. The molecule has 0 bridgehead atoms. The molecule has 0 radical (unpaired) electrons. The predicted molar refractivity (Wildman–Crippen MR) is 120 cm³/mol. The van der Waals surface area contributed by atoms with E-state index in [4.69, 9.17) is 16.6 Å². The number of halogens is 1. The molecule has 10 nitrogen and oxygen atoms in total. The van der Waals surface area contributed by atoms with Crippen molar-refractivity contribution in [2.24, 2.45) is 0 Å². The first kappa shape index (κ1) is 22.3. The Morgan fingerprint density at radius 2 is 2.18 bits per heavy atom. The lowest BCUT2D eigenvalue weighted by atomic mass is 9.98. The van der Waals surface area contributed by atoms with Crippen LogP contribution in [0.25, 0.3) is 11.3 Å². The third-order valence-electron chi connectivity index (χ3n) is 5.10. The Kier molecular flexibility index (Phi) is 6.27. The summed E-state index contributed by atoms with van der Waals surface area (Å²) in [6.07, 6.45) is 3.90. The molecule has 0 atom stereocenters. The zero-order valence-electron chi connectivity index (χ0n) is 17.5. The molecular weight excluding hydrogens is 451 g/mol. The van der Waals surface area contributed by atoms with Crippen molar-refractivity contribution in [3.05, 3.63) is 75.6 Å². The molecule has 0 aliphatic carbocycles. The van der Waals surface area contributed by atoms with Crippen LogP contribution in [0.3, 0.4) is 0 Å². The monoisotopic (exact) mass is 470 g/mol. The number of benzene rings is 1. The van der Waals surface area contributed by atoms with Crippen LogP contribution in [0.5, 0.6) is 0 Å². The molecule has 1 aliphatic heterocycles. The summed E-state index contributed by atoms with van der Waals surface area (Å²) in [5.41, 5.74) is 2.42. The molecule has 3 heterocycles. The molecule has 0 saturated carbocycles. The van der Waals surface area contributed by atoms with Gasteiger partial charge < -0.3 is 14.6 Å². The second-order valence-electron chi connectivity index (χ2n) is 7.35. The van der Waals surface area contributed by atoms with Gasteiger partial charge in [-0.25, -0.2) is 9.07 Å². The molecule has 4 rings (SSSR count). The van der Waals surface area contributed by atoms with Crippen molar-refractivity contribution in [2.75, 3.05) is 13.1 Å². The summed E-state index contributed by atoms with van der Waals surface area (Å²) < 4.78 is 21.4. The van der Waals surface area contributed by atoms with Crippen LogP contribution in [0.15, 0.2) is 47.0 Å². The highest BCUT2D eigenvalue weighted by Crippen LogP contribution is 2.27. The van der Waals surface area contributed by atoms with Gasteiger partial charge in [-0.15, -0.1) is 5.10 Å². The average Bonchev–Trinajstić information content (AvgIpc) is 3.47. The molecule has 33 heavy (non-hydrogen) atoms. The summed E-state index contributed by atoms with van der Waals surface area (Å²) in [6.45, 7) is 2.77. The molecule has 170 valence electrons. The molecule has 0 saturated heterocycles. The van der Waals surface area contributed by atoms with E-state index in [9.17, 15) is 19.3 Å². The summed E-state index contributed by atoms with van der Waals surface area (Å²) in [5, 5.41) is 21.8. The maximum Gasteiger partial charge on any atom is 0.433 e. The average molecular weight is 470 g/mol. The summed E-state index contributed by atoms with van der Waals surface area (Å²) >= 11 is 4.97. The number of carbonyl (C=O) groups excluding carboxylic acids is 1. The Balaban J connectivity index is 1.44. The number of thiocarbonyl (C=S) groups is 1. The number of rotatable bonds is 6. The van der Waals surface area contributed by atoms with E-state index in [1.165, 1.54) is 21.7 Å². The Morgan fingerprint density at radius 3 is 2.82 bits per heavy atom. The number of amides is 1. The number of aromatic nitrogens is 3. The van der Waals surface area contributed by atoms with Crippen LogP contribution in [0.2, 0.25) is 0 Å². The first-order chi connectivity index (χ1) is 15.8. The number of hydrogen-bond acceptors (Lipinski definition) is 7. The maximum atomic E-state index is 14.9. The fraction of sp³-hybridized carbons (Fsp3) is 0.238. The van der Waals surface area contributed by atoms with Crippen LogP contribution in [0, 0.1) is 15.9 Å². The minimum Gasteiger partial charge on any atom is -0.395 e. The Bertz CT molecular complexity index is 1270.